The summed E-state index contributed by atoms with van der Waals surface area (Å²) in [5, 5.41) is 35.1. The fourth-order valence-corrected chi connectivity index (χ4v) is 3.39. The number of nitrogens with one attached hydrogen (secondary N) is 4. The topological polar surface area (TPSA) is 283 Å². The van der Waals surface area contributed by atoms with Crippen molar-refractivity contribution in [2.75, 3.05) is 65.9 Å². The largest absolute Gasteiger partial charge is 0.480 e. The highest BCUT2D eigenvalue weighted by molar-refractivity contribution is 5.88. The van der Waals surface area contributed by atoms with Crippen LogP contribution in [0.2, 0.25) is 0 Å². The number of hydrogen-bond donors (Lipinski definition) is 8. The number of nitrogens with two attached hydrogens (primary N) is 1. The smallest absolute Gasteiger partial charge is 0.335 e. The van der Waals surface area contributed by atoms with Gasteiger partial charge in [0.05, 0.1) is 51.3 Å². The zero-order valence-electron chi connectivity index (χ0n) is 25.9. The number of amides is 4. The third-order valence-corrected chi connectivity index (χ3v) is 5.83. The monoisotopic (exact) mass is 673 g/mol. The van der Waals surface area contributed by atoms with Crippen molar-refractivity contribution in [1.29, 1.82) is 0 Å². The maximum absolute atomic E-state index is 12.0. The van der Waals surface area contributed by atoms with Gasteiger partial charge in [-0.15, -0.1) is 5.48 Å². The molecule has 264 valence electrons. The fraction of sp³-hybridized carbons (Fsp3) is 0.571. The number of aliphatic hydroxyl groups excluding tert-OH is 1. The minimum Gasteiger partial charge on any atom is -0.480 e. The van der Waals surface area contributed by atoms with E-state index in [1.54, 1.807) is 0 Å². The molecule has 9 N–H and O–H groups in total. The van der Waals surface area contributed by atoms with Crippen LogP contribution in [0.5, 0.6) is 5.75 Å². The van der Waals surface area contributed by atoms with Crippen molar-refractivity contribution in [3.05, 3.63) is 29.8 Å². The molecule has 3 atom stereocenters. The second-order valence-corrected chi connectivity index (χ2v) is 9.70. The predicted octanol–water partition coefficient (Wildman–Crippen LogP) is -2.85. The summed E-state index contributed by atoms with van der Waals surface area (Å²) in [5.41, 5.74) is 7.48. The van der Waals surface area contributed by atoms with E-state index in [4.69, 9.17) is 34.6 Å². The van der Waals surface area contributed by atoms with E-state index in [9.17, 15) is 39.0 Å². The molecule has 0 aromatic heterocycles. The highest BCUT2D eigenvalue weighted by Crippen LogP contribution is 2.12. The van der Waals surface area contributed by atoms with Crippen LogP contribution in [-0.4, -0.2) is 135 Å². The van der Waals surface area contributed by atoms with Crippen LogP contribution in [-0.2, 0) is 42.9 Å². The first-order valence-electron chi connectivity index (χ1n) is 14.5. The predicted molar refractivity (Wildman–Crippen MR) is 160 cm³/mol. The molecule has 1 aromatic rings. The van der Waals surface area contributed by atoms with Gasteiger partial charge >= 0.3 is 11.9 Å². The molecule has 1 aromatic carbocycles. The lowest BCUT2D eigenvalue weighted by Gasteiger charge is -2.17. The van der Waals surface area contributed by atoms with Crippen molar-refractivity contribution >= 4 is 35.6 Å². The number of aliphatic hydroxyl groups is 1. The molecule has 19 heteroatoms. The molecule has 19 nitrogen and oxygen atoms in total. The molecule has 0 aliphatic heterocycles. The number of aromatic carboxylic acids is 1. The van der Waals surface area contributed by atoms with Gasteiger partial charge in [0.1, 0.15) is 31.0 Å². The molecule has 0 bridgehead atoms. The second-order valence-electron chi connectivity index (χ2n) is 9.70. The number of hydroxylamine groups is 1. The van der Waals surface area contributed by atoms with Crippen LogP contribution in [0.4, 0.5) is 0 Å². The Morgan fingerprint density at radius 2 is 1.30 bits per heavy atom. The molecule has 47 heavy (non-hydrogen) atoms. The van der Waals surface area contributed by atoms with Gasteiger partial charge in [0.15, 0.2) is 0 Å². The molecule has 1 rings (SSSR count). The number of carboxylic acid groups (broad SMARTS) is 2. The van der Waals surface area contributed by atoms with E-state index < -0.39 is 47.8 Å². The number of ether oxygens (including phenoxy) is 4. The Morgan fingerprint density at radius 1 is 0.766 bits per heavy atom. The molecule has 0 aliphatic carbocycles. The van der Waals surface area contributed by atoms with Gasteiger partial charge in [-0.25, -0.2) is 4.79 Å². The third-order valence-electron chi connectivity index (χ3n) is 5.83. The normalized spacial score (nSPS) is 12.7. The van der Waals surface area contributed by atoms with E-state index in [1.165, 1.54) is 31.2 Å². The van der Waals surface area contributed by atoms with Crippen LogP contribution in [0.15, 0.2) is 24.3 Å². The number of aliphatic carboxylic acids is 1. The summed E-state index contributed by atoms with van der Waals surface area (Å²) in [6.07, 6.45) is -1.32. The maximum Gasteiger partial charge on any atom is 0.335 e. The van der Waals surface area contributed by atoms with Crippen LogP contribution < -0.4 is 32.0 Å². The zero-order chi connectivity index (χ0) is 35.0. The number of carbonyl (C=O) groups excluding carboxylic acids is 4. The summed E-state index contributed by atoms with van der Waals surface area (Å²) < 4.78 is 20.9. The highest BCUT2D eigenvalue weighted by Gasteiger charge is 2.23. The Kier molecular flexibility index (Phi) is 20.6. The molecule has 0 heterocycles. The van der Waals surface area contributed by atoms with E-state index in [2.05, 4.69) is 21.4 Å². The van der Waals surface area contributed by atoms with Crippen LogP contribution in [0.3, 0.4) is 0 Å². The van der Waals surface area contributed by atoms with Gasteiger partial charge in [-0.3, -0.25) is 24.0 Å². The van der Waals surface area contributed by atoms with Gasteiger partial charge in [0, 0.05) is 19.5 Å². The fourth-order valence-electron chi connectivity index (χ4n) is 3.39. The van der Waals surface area contributed by atoms with Crippen LogP contribution in [0, 0.1) is 0 Å². The van der Waals surface area contributed by atoms with Gasteiger partial charge < -0.3 is 60.8 Å². The Morgan fingerprint density at radius 3 is 1.81 bits per heavy atom. The van der Waals surface area contributed by atoms with E-state index in [1.807, 2.05) is 0 Å². The Hall–Kier alpha value is -4.40. The van der Waals surface area contributed by atoms with Gasteiger partial charge in [0.2, 0.25) is 23.6 Å². The quantitative estimate of drug-likeness (QED) is 0.0345. The van der Waals surface area contributed by atoms with Gasteiger partial charge in [0.25, 0.3) is 0 Å². The molecule has 0 saturated heterocycles. The Balaban J connectivity index is 1.99. The molecule has 0 saturated carbocycles. The summed E-state index contributed by atoms with van der Waals surface area (Å²) in [6.45, 7) is 2.04. The van der Waals surface area contributed by atoms with Crippen molar-refractivity contribution in [3.8, 4) is 5.75 Å². The number of carboxylic acids is 2. The molecule has 0 radical (unpaired) electrons. The summed E-state index contributed by atoms with van der Waals surface area (Å²) >= 11 is 0. The zero-order valence-corrected chi connectivity index (χ0v) is 25.9. The molecular weight excluding hydrogens is 630 g/mol. The van der Waals surface area contributed by atoms with Crippen molar-refractivity contribution in [1.82, 2.24) is 21.4 Å². The van der Waals surface area contributed by atoms with Crippen molar-refractivity contribution < 1.29 is 67.9 Å². The minimum absolute atomic E-state index is 0.0461. The minimum atomic E-state index is -1.23. The first kappa shape index (κ1) is 40.6. The molecule has 4 amide bonds. The molecular formula is C28H43N5O14. The summed E-state index contributed by atoms with van der Waals surface area (Å²) in [7, 11) is 0. The molecule has 1 unspecified atom stereocenters. The first-order valence-corrected chi connectivity index (χ1v) is 14.5. The average Bonchev–Trinajstić information content (AvgIpc) is 3.02. The summed E-state index contributed by atoms with van der Waals surface area (Å²) in [5.74, 6) is -4.39. The van der Waals surface area contributed by atoms with Gasteiger partial charge in [-0.1, -0.05) is 0 Å². The number of primary amides is 1. The van der Waals surface area contributed by atoms with E-state index >= 15 is 0 Å². The van der Waals surface area contributed by atoms with Crippen LogP contribution >= 0.6 is 0 Å². The van der Waals surface area contributed by atoms with Crippen molar-refractivity contribution in [2.24, 2.45) is 5.73 Å². The maximum atomic E-state index is 12.0. The third kappa shape index (κ3) is 19.7. The standard InChI is InChI=1S/C28H43N5O14/c1-18(34)25(26(29)38)32-24(37)17-46-15-13-44-11-9-31-23(36)16-45-14-12-43-10-8-30-22(35)7-6-21(28(41)42)33-47-20-4-2-19(3-5-20)27(39)40/h2-5,18,21,25,33-34H,6-17H2,1H3,(H2,29,38)(H,30,35)(H,31,36)(H,32,37)(H,39,40)(H,41,42)/t18-,21+,25?/m1/s1. The summed E-state index contributed by atoms with van der Waals surface area (Å²) in [6, 6.07) is 2.93. The van der Waals surface area contributed by atoms with Crippen molar-refractivity contribution in [3.63, 3.8) is 0 Å². The lowest BCUT2D eigenvalue weighted by atomic mass is 10.1. The lowest BCUT2D eigenvalue weighted by molar-refractivity contribution is -0.142. The Bertz CT molecular complexity index is 1140. The van der Waals surface area contributed by atoms with Gasteiger partial charge in [-0.05, 0) is 37.6 Å². The van der Waals surface area contributed by atoms with Crippen molar-refractivity contribution in [2.45, 2.75) is 38.0 Å². The average molecular weight is 674 g/mol. The molecule has 0 aliphatic rings. The van der Waals surface area contributed by atoms with E-state index in [-0.39, 0.29) is 96.0 Å². The van der Waals surface area contributed by atoms with E-state index in [0.717, 1.165) is 0 Å². The number of rotatable bonds is 27. The van der Waals surface area contributed by atoms with Crippen LogP contribution in [0.1, 0.15) is 30.1 Å². The number of benzene rings is 1. The SMILES string of the molecule is C[C@@H](O)C(NC(=O)COCCOCCNC(=O)COCCOCCNC(=O)CC[C@H](NOc1ccc(C(=O)O)cc1)C(=O)O)C(N)=O. The molecule has 0 fully saturated rings. The Labute approximate surface area is 270 Å². The van der Waals surface area contributed by atoms with Crippen LogP contribution in [0.25, 0.3) is 0 Å². The number of carbonyl (C=O) groups is 6. The molecule has 0 spiro atoms. The highest BCUT2D eigenvalue weighted by atomic mass is 16.6. The first-order chi connectivity index (χ1) is 22.4. The van der Waals surface area contributed by atoms with Gasteiger partial charge in [-0.2, -0.15) is 0 Å². The summed E-state index contributed by atoms with van der Waals surface area (Å²) in [4.78, 5) is 74.1. The lowest BCUT2D eigenvalue weighted by Crippen LogP contribution is -2.51. The number of hydrogen-bond acceptors (Lipinski definition) is 13. The second kappa shape index (κ2) is 23.9. The van der Waals surface area contributed by atoms with E-state index in [0.29, 0.717) is 0 Å².